The van der Waals surface area contributed by atoms with Gasteiger partial charge in [-0.1, -0.05) is 12.1 Å². The number of hydrogen-bond donors (Lipinski definition) is 0. The van der Waals surface area contributed by atoms with Gasteiger partial charge in [-0.05, 0) is 24.3 Å². The molecule has 3 rings (SSSR count). The van der Waals surface area contributed by atoms with Crippen molar-refractivity contribution in [3.05, 3.63) is 64.3 Å². The maximum Gasteiger partial charge on any atom is 0.314 e. The predicted molar refractivity (Wildman–Crippen MR) is 83.7 cm³/mol. The molecule has 0 bridgehead atoms. The molecule has 0 unspecified atom stereocenters. The number of halogens is 1. The second-order valence-electron chi connectivity index (χ2n) is 4.86. The van der Waals surface area contributed by atoms with Crippen molar-refractivity contribution in [2.24, 2.45) is 0 Å². The quantitative estimate of drug-likeness (QED) is 0.498. The van der Waals surface area contributed by atoms with Crippen LogP contribution in [-0.2, 0) is 6.61 Å². The molecule has 2 aromatic carbocycles. The van der Waals surface area contributed by atoms with Crippen LogP contribution in [0.5, 0.6) is 11.5 Å². The topological polar surface area (TPSA) is 101 Å². The van der Waals surface area contributed by atoms with Crippen LogP contribution in [0, 0.1) is 15.9 Å². The molecule has 0 radical (unpaired) electrons. The Hall–Kier alpha value is -3.49. The molecule has 1 aromatic heterocycles. The van der Waals surface area contributed by atoms with Crippen LogP contribution in [0.25, 0.3) is 11.5 Å². The first kappa shape index (κ1) is 16.4. The molecule has 0 saturated heterocycles. The van der Waals surface area contributed by atoms with Crippen molar-refractivity contribution >= 4 is 5.69 Å². The normalized spacial score (nSPS) is 10.5. The molecule has 0 aliphatic carbocycles. The van der Waals surface area contributed by atoms with Gasteiger partial charge in [0.1, 0.15) is 11.6 Å². The number of nitro benzene ring substituents is 1. The molecule has 0 fully saturated rings. The van der Waals surface area contributed by atoms with E-state index in [0.717, 1.165) is 0 Å². The summed E-state index contributed by atoms with van der Waals surface area (Å²) in [7, 11) is 1.41. The lowest BCUT2D eigenvalue weighted by atomic mass is 10.2. The van der Waals surface area contributed by atoms with E-state index in [1.165, 1.54) is 37.4 Å². The van der Waals surface area contributed by atoms with Crippen molar-refractivity contribution in [3.63, 3.8) is 0 Å². The minimum atomic E-state index is -0.587. The zero-order valence-electron chi connectivity index (χ0n) is 13.0. The molecule has 0 spiro atoms. The van der Waals surface area contributed by atoms with E-state index in [1.807, 2.05) is 0 Å². The first-order chi connectivity index (χ1) is 12.1. The predicted octanol–water partition coefficient (Wildman–Crippen LogP) is 3.37. The molecular weight excluding hydrogens is 333 g/mol. The molecular formula is C16H12FN3O5. The van der Waals surface area contributed by atoms with E-state index in [1.54, 1.807) is 12.1 Å². The molecule has 0 aliphatic heterocycles. The Balaban J connectivity index is 1.77. The minimum absolute atomic E-state index is 0.000862. The van der Waals surface area contributed by atoms with E-state index in [0.29, 0.717) is 5.75 Å². The molecule has 3 aromatic rings. The van der Waals surface area contributed by atoms with E-state index in [2.05, 4.69) is 10.2 Å². The highest BCUT2D eigenvalue weighted by atomic mass is 19.1. The van der Waals surface area contributed by atoms with E-state index >= 15 is 0 Å². The van der Waals surface area contributed by atoms with Gasteiger partial charge in [0.15, 0.2) is 12.4 Å². The van der Waals surface area contributed by atoms with Crippen LogP contribution in [0.1, 0.15) is 5.89 Å². The van der Waals surface area contributed by atoms with Gasteiger partial charge in [0.2, 0.25) is 0 Å². The molecule has 0 N–H and O–H groups in total. The van der Waals surface area contributed by atoms with Gasteiger partial charge in [-0.25, -0.2) is 4.39 Å². The average molecular weight is 345 g/mol. The van der Waals surface area contributed by atoms with Crippen molar-refractivity contribution in [2.75, 3.05) is 7.11 Å². The summed E-state index contributed by atoms with van der Waals surface area (Å²) in [5.74, 6) is -0.0798. The highest BCUT2D eigenvalue weighted by Gasteiger charge is 2.18. The number of nitrogens with zero attached hydrogens (tertiary/aromatic N) is 3. The van der Waals surface area contributed by atoms with Gasteiger partial charge in [-0.15, -0.1) is 10.2 Å². The Morgan fingerprint density at radius 2 is 2.04 bits per heavy atom. The average Bonchev–Trinajstić information content (AvgIpc) is 3.09. The van der Waals surface area contributed by atoms with E-state index in [-0.39, 0.29) is 35.4 Å². The zero-order chi connectivity index (χ0) is 17.8. The second-order valence-corrected chi connectivity index (χ2v) is 4.86. The van der Waals surface area contributed by atoms with Crippen LogP contribution in [-0.4, -0.2) is 22.2 Å². The molecule has 0 aliphatic rings. The van der Waals surface area contributed by atoms with Crippen LogP contribution in [0.3, 0.4) is 0 Å². The number of rotatable bonds is 6. The number of hydrogen-bond acceptors (Lipinski definition) is 7. The molecule has 1 heterocycles. The fraction of sp³-hybridized carbons (Fsp3) is 0.125. The first-order valence-electron chi connectivity index (χ1n) is 7.11. The zero-order valence-corrected chi connectivity index (χ0v) is 13.0. The van der Waals surface area contributed by atoms with Gasteiger partial charge >= 0.3 is 5.69 Å². The van der Waals surface area contributed by atoms with Crippen LogP contribution < -0.4 is 9.47 Å². The Morgan fingerprint density at radius 1 is 1.24 bits per heavy atom. The maximum absolute atomic E-state index is 13.7. The van der Waals surface area contributed by atoms with Crippen molar-refractivity contribution < 1.29 is 23.2 Å². The molecule has 8 nitrogen and oxygen atoms in total. The standard InChI is InChI=1S/C16H12FN3O5/c1-23-10-6-7-14(13(8-10)20(21)22)24-9-15-18-19-16(25-15)11-4-2-3-5-12(11)17/h2-8H,9H2,1H3. The number of aromatic nitrogens is 2. The number of ether oxygens (including phenoxy) is 2. The van der Waals surface area contributed by atoms with Crippen LogP contribution in [0.4, 0.5) is 10.1 Å². The lowest BCUT2D eigenvalue weighted by Gasteiger charge is -2.06. The van der Waals surface area contributed by atoms with Crippen molar-refractivity contribution in [2.45, 2.75) is 6.61 Å². The molecule has 0 atom stereocenters. The summed E-state index contributed by atoms with van der Waals surface area (Å²) in [5, 5.41) is 18.6. The Morgan fingerprint density at radius 3 is 2.76 bits per heavy atom. The smallest absolute Gasteiger partial charge is 0.314 e. The van der Waals surface area contributed by atoms with Crippen molar-refractivity contribution in [1.29, 1.82) is 0 Å². The Labute approximate surface area is 141 Å². The van der Waals surface area contributed by atoms with Gasteiger partial charge in [0, 0.05) is 0 Å². The molecule has 128 valence electrons. The van der Waals surface area contributed by atoms with E-state index in [4.69, 9.17) is 13.9 Å². The monoisotopic (exact) mass is 345 g/mol. The van der Waals surface area contributed by atoms with E-state index < -0.39 is 10.7 Å². The summed E-state index contributed by atoms with van der Waals surface area (Å²) in [6.07, 6.45) is 0. The molecule has 0 amide bonds. The maximum atomic E-state index is 13.7. The lowest BCUT2D eigenvalue weighted by molar-refractivity contribution is -0.386. The van der Waals surface area contributed by atoms with Gasteiger partial charge in [-0.2, -0.15) is 0 Å². The van der Waals surface area contributed by atoms with Gasteiger partial charge in [0.05, 0.1) is 23.7 Å². The Bertz CT molecular complexity index is 912. The molecule has 9 heteroatoms. The third kappa shape index (κ3) is 3.55. The van der Waals surface area contributed by atoms with Crippen LogP contribution in [0.15, 0.2) is 46.9 Å². The highest BCUT2D eigenvalue weighted by Crippen LogP contribution is 2.31. The van der Waals surface area contributed by atoms with Crippen molar-refractivity contribution in [1.82, 2.24) is 10.2 Å². The third-order valence-corrected chi connectivity index (χ3v) is 3.29. The third-order valence-electron chi connectivity index (χ3n) is 3.29. The van der Waals surface area contributed by atoms with Crippen LogP contribution in [0.2, 0.25) is 0 Å². The first-order valence-corrected chi connectivity index (χ1v) is 7.11. The van der Waals surface area contributed by atoms with Gasteiger partial charge in [0.25, 0.3) is 11.8 Å². The summed E-state index contributed by atoms with van der Waals surface area (Å²) >= 11 is 0. The molecule has 0 saturated carbocycles. The van der Waals surface area contributed by atoms with Gasteiger partial charge in [-0.3, -0.25) is 10.1 Å². The highest BCUT2D eigenvalue weighted by molar-refractivity contribution is 5.53. The minimum Gasteiger partial charge on any atom is -0.496 e. The lowest BCUT2D eigenvalue weighted by Crippen LogP contribution is -2.00. The summed E-state index contributed by atoms with van der Waals surface area (Å²) in [4.78, 5) is 10.5. The summed E-state index contributed by atoms with van der Waals surface area (Å²) < 4.78 is 29.4. The van der Waals surface area contributed by atoms with E-state index in [9.17, 15) is 14.5 Å². The number of methoxy groups -OCH3 is 1. The summed E-state index contributed by atoms with van der Waals surface area (Å²) in [6.45, 7) is -0.200. The molecule has 25 heavy (non-hydrogen) atoms. The fourth-order valence-corrected chi connectivity index (χ4v) is 2.08. The number of benzene rings is 2. The Kier molecular flexibility index (Phi) is 4.55. The summed E-state index contributed by atoms with van der Waals surface area (Å²) in [6, 6.07) is 10.1. The largest absolute Gasteiger partial charge is 0.496 e. The van der Waals surface area contributed by atoms with Crippen LogP contribution >= 0.6 is 0 Å². The van der Waals surface area contributed by atoms with Gasteiger partial charge < -0.3 is 13.9 Å². The SMILES string of the molecule is COc1ccc(OCc2nnc(-c3ccccc3F)o2)c([N+](=O)[O-])c1. The summed E-state index contributed by atoms with van der Waals surface area (Å²) in [5.41, 5.74) is -0.0927. The fourth-order valence-electron chi connectivity index (χ4n) is 2.08. The number of nitro groups is 1. The second kappa shape index (κ2) is 6.95. The van der Waals surface area contributed by atoms with Crippen molar-refractivity contribution in [3.8, 4) is 23.0 Å².